The molecule has 6 nitrogen and oxygen atoms in total. The number of amides is 2. The van der Waals surface area contributed by atoms with Crippen molar-refractivity contribution in [2.75, 3.05) is 18.4 Å². The Kier molecular flexibility index (Phi) is 6.67. The lowest BCUT2D eigenvalue weighted by atomic mass is 9.93. The molecule has 0 saturated carbocycles. The van der Waals surface area contributed by atoms with Crippen LogP contribution in [0.25, 0.3) is 0 Å². The topological polar surface area (TPSA) is 67.2 Å². The highest BCUT2D eigenvalue weighted by Crippen LogP contribution is 2.23. The van der Waals surface area contributed by atoms with Gasteiger partial charge in [0.15, 0.2) is 0 Å². The average molecular weight is 400 g/mol. The van der Waals surface area contributed by atoms with Gasteiger partial charge in [-0.3, -0.25) is 14.3 Å². The molecule has 1 N–H and O–H groups in total. The van der Waals surface area contributed by atoms with E-state index in [2.05, 4.69) is 10.4 Å². The number of anilines is 1. The lowest BCUT2D eigenvalue weighted by Crippen LogP contribution is -2.40. The molecule has 2 heterocycles. The Morgan fingerprint density at radius 3 is 2.79 bits per heavy atom. The van der Waals surface area contributed by atoms with Crippen molar-refractivity contribution in [3.63, 3.8) is 0 Å². The smallest absolute Gasteiger partial charge is 0.272 e. The van der Waals surface area contributed by atoms with Gasteiger partial charge < -0.3 is 10.2 Å². The van der Waals surface area contributed by atoms with Gasteiger partial charge in [0.25, 0.3) is 5.91 Å². The third kappa shape index (κ3) is 5.22. The molecule has 1 aliphatic rings. The predicted octanol–water partition coefficient (Wildman–Crippen LogP) is 3.70. The molecule has 1 aromatic carbocycles. The highest BCUT2D eigenvalue weighted by molar-refractivity contribution is 5.93. The molecule has 1 fully saturated rings. The number of aromatic nitrogens is 2. The van der Waals surface area contributed by atoms with Crippen LogP contribution in [0.5, 0.6) is 0 Å². The summed E-state index contributed by atoms with van der Waals surface area (Å²) in [4.78, 5) is 27.1. The molecule has 1 saturated heterocycles. The number of halogens is 1. The van der Waals surface area contributed by atoms with Crippen molar-refractivity contribution in [1.82, 2.24) is 14.7 Å². The molecule has 2 amide bonds. The van der Waals surface area contributed by atoms with Crippen LogP contribution in [0.15, 0.2) is 24.3 Å². The van der Waals surface area contributed by atoms with E-state index in [0.29, 0.717) is 35.8 Å². The van der Waals surface area contributed by atoms with E-state index in [9.17, 15) is 14.0 Å². The van der Waals surface area contributed by atoms with Crippen LogP contribution in [0.4, 0.5) is 10.1 Å². The lowest BCUT2D eigenvalue weighted by molar-refractivity contribution is -0.116. The number of likely N-dealkylation sites (tertiary alicyclic amines) is 1. The Morgan fingerprint density at radius 1 is 1.31 bits per heavy atom. The van der Waals surface area contributed by atoms with E-state index in [1.807, 2.05) is 17.9 Å². The van der Waals surface area contributed by atoms with E-state index in [0.717, 1.165) is 37.9 Å². The molecule has 1 aromatic heterocycles. The molecule has 7 heteroatoms. The Bertz CT molecular complexity index is 893. The van der Waals surface area contributed by atoms with Gasteiger partial charge in [-0.15, -0.1) is 0 Å². The molecule has 1 aliphatic heterocycles. The van der Waals surface area contributed by atoms with Crippen molar-refractivity contribution in [2.24, 2.45) is 13.0 Å². The van der Waals surface area contributed by atoms with Gasteiger partial charge in [0.1, 0.15) is 11.5 Å². The molecule has 0 unspecified atom stereocenters. The number of rotatable bonds is 6. The second-order valence-corrected chi connectivity index (χ2v) is 7.80. The fourth-order valence-corrected chi connectivity index (χ4v) is 3.86. The minimum Gasteiger partial charge on any atom is -0.337 e. The molecule has 0 bridgehead atoms. The van der Waals surface area contributed by atoms with Gasteiger partial charge in [-0.2, -0.15) is 5.10 Å². The van der Waals surface area contributed by atoms with Gasteiger partial charge in [0, 0.05) is 32.2 Å². The van der Waals surface area contributed by atoms with E-state index >= 15 is 0 Å². The van der Waals surface area contributed by atoms with Crippen LogP contribution in [0.1, 0.15) is 54.4 Å². The van der Waals surface area contributed by atoms with Crippen LogP contribution in [-0.4, -0.2) is 39.6 Å². The van der Waals surface area contributed by atoms with Gasteiger partial charge in [0.05, 0.1) is 5.69 Å². The highest BCUT2D eigenvalue weighted by Gasteiger charge is 2.26. The van der Waals surface area contributed by atoms with Crippen LogP contribution in [-0.2, 0) is 18.3 Å². The van der Waals surface area contributed by atoms with Crippen molar-refractivity contribution in [2.45, 2.75) is 46.0 Å². The lowest BCUT2D eigenvalue weighted by Gasteiger charge is -2.32. The Hall–Kier alpha value is -2.70. The maximum atomic E-state index is 13.2. The monoisotopic (exact) mass is 400 g/mol. The molecule has 0 aliphatic carbocycles. The summed E-state index contributed by atoms with van der Waals surface area (Å²) in [6.07, 6.45) is 3.86. The second kappa shape index (κ2) is 9.20. The van der Waals surface area contributed by atoms with Crippen LogP contribution in [0, 0.1) is 18.7 Å². The number of aryl methyl sites for hydroxylation is 3. The van der Waals surface area contributed by atoms with E-state index in [-0.39, 0.29) is 17.6 Å². The average Bonchev–Trinajstić information content (AvgIpc) is 3.09. The summed E-state index contributed by atoms with van der Waals surface area (Å²) in [5.41, 5.74) is 2.87. The molecule has 1 atom stereocenters. The molecule has 2 aromatic rings. The fourth-order valence-electron chi connectivity index (χ4n) is 3.86. The van der Waals surface area contributed by atoms with Gasteiger partial charge >= 0.3 is 0 Å². The number of hydrogen-bond donors (Lipinski definition) is 1. The third-order valence-electron chi connectivity index (χ3n) is 5.56. The number of nitrogens with one attached hydrogen (secondary N) is 1. The highest BCUT2D eigenvalue weighted by atomic mass is 19.1. The molecule has 156 valence electrons. The molecule has 3 rings (SSSR count). The fraction of sp³-hybridized carbons (Fsp3) is 0.500. The summed E-state index contributed by atoms with van der Waals surface area (Å²) < 4.78 is 14.9. The summed E-state index contributed by atoms with van der Waals surface area (Å²) in [7, 11) is 1.80. The molecular formula is C22H29FN4O2. The molecule has 29 heavy (non-hydrogen) atoms. The second-order valence-electron chi connectivity index (χ2n) is 7.80. The zero-order valence-electron chi connectivity index (χ0n) is 17.4. The van der Waals surface area contributed by atoms with Crippen molar-refractivity contribution in [3.8, 4) is 0 Å². The first kappa shape index (κ1) is 21.0. The standard InChI is InChI=1S/C22H29FN4O2/c1-4-18-13-20(26(3)25-18)22(29)27-11-5-6-16(14-27)7-10-21(28)24-19-9-8-17(23)12-15(19)2/h8-9,12-13,16H,4-7,10-11,14H2,1-3H3,(H,24,28)/t16-/m1/s1. The van der Waals surface area contributed by atoms with Crippen molar-refractivity contribution < 1.29 is 14.0 Å². The zero-order valence-corrected chi connectivity index (χ0v) is 17.4. The summed E-state index contributed by atoms with van der Waals surface area (Å²) in [6.45, 7) is 5.19. The number of benzene rings is 1. The minimum absolute atomic E-state index is 0.00999. The normalized spacial score (nSPS) is 16.7. The summed E-state index contributed by atoms with van der Waals surface area (Å²) in [6, 6.07) is 6.20. The number of hydrogen-bond acceptors (Lipinski definition) is 3. The zero-order chi connectivity index (χ0) is 21.0. The van der Waals surface area contributed by atoms with E-state index in [1.165, 1.54) is 12.1 Å². The van der Waals surface area contributed by atoms with Crippen molar-refractivity contribution in [1.29, 1.82) is 0 Å². The summed E-state index contributed by atoms with van der Waals surface area (Å²) >= 11 is 0. The molecule has 0 radical (unpaired) electrons. The predicted molar refractivity (Wildman–Crippen MR) is 110 cm³/mol. The van der Waals surface area contributed by atoms with Gasteiger partial charge in [-0.25, -0.2) is 4.39 Å². The van der Waals surface area contributed by atoms with Crippen molar-refractivity contribution in [3.05, 3.63) is 47.0 Å². The molecule has 0 spiro atoms. The van der Waals surface area contributed by atoms with Crippen molar-refractivity contribution >= 4 is 17.5 Å². The number of carbonyl (C=O) groups is 2. The Labute approximate surface area is 171 Å². The quantitative estimate of drug-likeness (QED) is 0.804. The van der Waals surface area contributed by atoms with Crippen LogP contribution in [0.2, 0.25) is 0 Å². The van der Waals surface area contributed by atoms with Crippen LogP contribution in [0.3, 0.4) is 0 Å². The van der Waals surface area contributed by atoms with E-state index < -0.39 is 0 Å². The summed E-state index contributed by atoms with van der Waals surface area (Å²) in [5, 5.41) is 7.22. The first-order chi connectivity index (χ1) is 13.9. The van der Waals surface area contributed by atoms with Crippen LogP contribution >= 0.6 is 0 Å². The Morgan fingerprint density at radius 2 is 2.10 bits per heavy atom. The maximum Gasteiger partial charge on any atom is 0.272 e. The first-order valence-electron chi connectivity index (χ1n) is 10.3. The van der Waals surface area contributed by atoms with Gasteiger partial charge in [0.2, 0.25) is 5.91 Å². The van der Waals surface area contributed by atoms with Gasteiger partial charge in [-0.1, -0.05) is 6.92 Å². The van der Waals surface area contributed by atoms with E-state index in [4.69, 9.17) is 0 Å². The third-order valence-corrected chi connectivity index (χ3v) is 5.56. The van der Waals surface area contributed by atoms with Crippen LogP contribution < -0.4 is 5.32 Å². The Balaban J connectivity index is 1.53. The van der Waals surface area contributed by atoms with E-state index in [1.54, 1.807) is 24.7 Å². The SMILES string of the molecule is CCc1cc(C(=O)N2CCC[C@H](CCC(=O)Nc3ccc(F)cc3C)C2)n(C)n1. The number of carbonyl (C=O) groups excluding carboxylic acids is 2. The maximum absolute atomic E-state index is 13.2. The summed E-state index contributed by atoms with van der Waals surface area (Å²) in [5.74, 6) is -0.0863. The number of nitrogens with zero attached hydrogens (tertiary/aromatic N) is 3. The van der Waals surface area contributed by atoms with Gasteiger partial charge in [-0.05, 0) is 68.4 Å². The number of piperidine rings is 1. The largest absolute Gasteiger partial charge is 0.337 e. The minimum atomic E-state index is -0.313. The first-order valence-corrected chi connectivity index (χ1v) is 10.3. The molecular weight excluding hydrogens is 371 g/mol.